The lowest BCUT2D eigenvalue weighted by Crippen LogP contribution is -2.48. The van der Waals surface area contributed by atoms with Crippen LogP contribution in [0.2, 0.25) is 0 Å². The summed E-state index contributed by atoms with van der Waals surface area (Å²) >= 11 is 0. The number of carbonyl (C=O) groups is 2. The summed E-state index contributed by atoms with van der Waals surface area (Å²) in [6.07, 6.45) is 9.31. The van der Waals surface area contributed by atoms with E-state index in [1.807, 2.05) is 9.80 Å². The van der Waals surface area contributed by atoms with E-state index in [0.29, 0.717) is 6.42 Å². The van der Waals surface area contributed by atoms with Gasteiger partial charge in [-0.15, -0.1) is 0 Å². The van der Waals surface area contributed by atoms with Gasteiger partial charge in [-0.1, -0.05) is 26.2 Å². The van der Waals surface area contributed by atoms with Crippen molar-refractivity contribution >= 4 is 11.8 Å². The second-order valence-corrected chi connectivity index (χ2v) is 6.09. The Morgan fingerprint density at radius 3 is 2.60 bits per heavy atom. The maximum absolute atomic E-state index is 12.7. The number of likely N-dealkylation sites (tertiary alicyclic amines) is 2. The van der Waals surface area contributed by atoms with Gasteiger partial charge in [0.15, 0.2) is 0 Å². The van der Waals surface area contributed by atoms with Crippen molar-refractivity contribution in [1.82, 2.24) is 9.80 Å². The van der Waals surface area contributed by atoms with Gasteiger partial charge in [-0.25, -0.2) is 0 Å². The molecule has 20 heavy (non-hydrogen) atoms. The minimum absolute atomic E-state index is 0.168. The number of hydrogen-bond acceptors (Lipinski definition) is 2. The Labute approximate surface area is 122 Å². The molecule has 0 aromatic carbocycles. The summed E-state index contributed by atoms with van der Waals surface area (Å²) in [7, 11) is 0. The van der Waals surface area contributed by atoms with Crippen LogP contribution in [-0.2, 0) is 9.59 Å². The average molecular weight is 280 g/mol. The van der Waals surface area contributed by atoms with Crippen LogP contribution in [0.25, 0.3) is 0 Å². The largest absolute Gasteiger partial charge is 0.341 e. The van der Waals surface area contributed by atoms with Crippen LogP contribution in [0.15, 0.2) is 0 Å². The fourth-order valence-electron chi connectivity index (χ4n) is 3.32. The Morgan fingerprint density at radius 1 is 1.05 bits per heavy atom. The van der Waals surface area contributed by atoms with E-state index in [4.69, 9.17) is 0 Å². The van der Waals surface area contributed by atoms with Crippen LogP contribution >= 0.6 is 0 Å². The third-order valence-corrected chi connectivity index (χ3v) is 4.52. The summed E-state index contributed by atoms with van der Waals surface area (Å²) in [5.74, 6) is 0.380. The van der Waals surface area contributed by atoms with Crippen molar-refractivity contribution in [3.8, 4) is 0 Å². The quantitative estimate of drug-likeness (QED) is 0.702. The highest BCUT2D eigenvalue weighted by Gasteiger charge is 2.35. The molecule has 0 aliphatic carbocycles. The number of hydrogen-bond donors (Lipinski definition) is 0. The van der Waals surface area contributed by atoms with Crippen molar-refractivity contribution < 1.29 is 9.59 Å². The Hall–Kier alpha value is -1.06. The van der Waals surface area contributed by atoms with Gasteiger partial charge in [0.05, 0.1) is 0 Å². The van der Waals surface area contributed by atoms with Crippen LogP contribution < -0.4 is 0 Å². The highest BCUT2D eigenvalue weighted by molar-refractivity contribution is 5.88. The molecule has 0 bridgehead atoms. The Bertz CT molecular complexity index is 343. The van der Waals surface area contributed by atoms with Crippen LogP contribution in [0.3, 0.4) is 0 Å². The standard InChI is InChI=1S/C16H28N2O2/c1-2-3-4-6-11-17-12-7-5-9-14(16(17)20)18-13-8-10-15(18)19/h14H,2-13H2,1H3. The van der Waals surface area contributed by atoms with E-state index >= 15 is 0 Å². The normalized spacial score (nSPS) is 24.4. The molecule has 1 atom stereocenters. The minimum Gasteiger partial charge on any atom is -0.341 e. The summed E-state index contributed by atoms with van der Waals surface area (Å²) < 4.78 is 0. The maximum atomic E-state index is 12.7. The van der Waals surface area contributed by atoms with Crippen LogP contribution in [0, 0.1) is 0 Å². The molecule has 0 radical (unpaired) electrons. The van der Waals surface area contributed by atoms with Crippen LogP contribution in [0.4, 0.5) is 0 Å². The van der Waals surface area contributed by atoms with Crippen molar-refractivity contribution in [3.05, 3.63) is 0 Å². The zero-order valence-corrected chi connectivity index (χ0v) is 12.8. The molecule has 4 heteroatoms. The fourth-order valence-corrected chi connectivity index (χ4v) is 3.32. The molecular formula is C16H28N2O2. The highest BCUT2D eigenvalue weighted by Crippen LogP contribution is 2.22. The molecule has 0 N–H and O–H groups in total. The first-order chi connectivity index (χ1) is 9.74. The Kier molecular flexibility index (Phi) is 5.86. The van der Waals surface area contributed by atoms with Gasteiger partial charge in [-0.05, 0) is 32.1 Å². The molecule has 2 heterocycles. The first-order valence-electron chi connectivity index (χ1n) is 8.32. The van der Waals surface area contributed by atoms with E-state index in [9.17, 15) is 9.59 Å². The molecule has 0 saturated carbocycles. The molecule has 114 valence electrons. The number of amides is 2. The van der Waals surface area contributed by atoms with E-state index in [-0.39, 0.29) is 17.9 Å². The number of rotatable bonds is 6. The molecule has 4 nitrogen and oxygen atoms in total. The van der Waals surface area contributed by atoms with Gasteiger partial charge in [-0.3, -0.25) is 9.59 Å². The third kappa shape index (κ3) is 3.74. The predicted octanol–water partition coefficient (Wildman–Crippen LogP) is 2.57. The summed E-state index contributed by atoms with van der Waals surface area (Å²) in [6, 6.07) is -0.168. The molecule has 2 aliphatic heterocycles. The lowest BCUT2D eigenvalue weighted by Gasteiger charge is -2.30. The van der Waals surface area contributed by atoms with Gasteiger partial charge in [0.25, 0.3) is 0 Å². The number of unbranched alkanes of at least 4 members (excludes halogenated alkanes) is 3. The van der Waals surface area contributed by atoms with Gasteiger partial charge in [0.2, 0.25) is 11.8 Å². The van der Waals surface area contributed by atoms with Crippen LogP contribution in [0.1, 0.15) is 64.7 Å². The maximum Gasteiger partial charge on any atom is 0.245 e. The van der Waals surface area contributed by atoms with E-state index in [1.165, 1.54) is 19.3 Å². The molecule has 2 aliphatic rings. The zero-order valence-electron chi connectivity index (χ0n) is 12.8. The molecule has 2 rings (SSSR count). The Morgan fingerprint density at radius 2 is 1.90 bits per heavy atom. The third-order valence-electron chi connectivity index (χ3n) is 4.52. The lowest BCUT2D eigenvalue weighted by molar-refractivity contribution is -0.143. The number of nitrogens with zero attached hydrogens (tertiary/aromatic N) is 2. The lowest BCUT2D eigenvalue weighted by atomic mass is 10.1. The van der Waals surface area contributed by atoms with Crippen LogP contribution in [0.5, 0.6) is 0 Å². The van der Waals surface area contributed by atoms with Crippen molar-refractivity contribution in [2.75, 3.05) is 19.6 Å². The monoisotopic (exact) mass is 280 g/mol. The van der Waals surface area contributed by atoms with Crippen molar-refractivity contribution in [1.29, 1.82) is 0 Å². The molecule has 2 saturated heterocycles. The topological polar surface area (TPSA) is 40.6 Å². The summed E-state index contributed by atoms with van der Waals surface area (Å²) in [4.78, 5) is 28.4. The van der Waals surface area contributed by atoms with E-state index < -0.39 is 0 Å². The first-order valence-corrected chi connectivity index (χ1v) is 8.32. The predicted molar refractivity (Wildman–Crippen MR) is 79.3 cm³/mol. The Balaban J connectivity index is 1.92. The molecule has 0 aromatic rings. The molecule has 0 aromatic heterocycles. The van der Waals surface area contributed by atoms with E-state index in [1.54, 1.807) is 0 Å². The average Bonchev–Trinajstić information content (AvgIpc) is 2.78. The van der Waals surface area contributed by atoms with Crippen LogP contribution in [-0.4, -0.2) is 47.3 Å². The second-order valence-electron chi connectivity index (χ2n) is 6.09. The van der Waals surface area contributed by atoms with E-state index in [2.05, 4.69) is 6.92 Å². The molecular weight excluding hydrogens is 252 g/mol. The SMILES string of the molecule is CCCCCCN1CCCCC(N2CCCC2=O)C1=O. The number of carbonyl (C=O) groups excluding carboxylic acids is 2. The van der Waals surface area contributed by atoms with Crippen molar-refractivity contribution in [2.45, 2.75) is 70.8 Å². The molecule has 1 unspecified atom stereocenters. The van der Waals surface area contributed by atoms with Gasteiger partial charge >= 0.3 is 0 Å². The highest BCUT2D eigenvalue weighted by atomic mass is 16.2. The van der Waals surface area contributed by atoms with Gasteiger partial charge in [-0.2, -0.15) is 0 Å². The molecule has 2 fully saturated rings. The summed E-state index contributed by atoms with van der Waals surface area (Å²) in [6.45, 7) is 4.73. The van der Waals surface area contributed by atoms with Gasteiger partial charge in [0.1, 0.15) is 6.04 Å². The minimum atomic E-state index is -0.168. The smallest absolute Gasteiger partial charge is 0.245 e. The van der Waals surface area contributed by atoms with Crippen molar-refractivity contribution in [3.63, 3.8) is 0 Å². The summed E-state index contributed by atoms with van der Waals surface area (Å²) in [5.41, 5.74) is 0. The fraction of sp³-hybridized carbons (Fsp3) is 0.875. The van der Waals surface area contributed by atoms with Gasteiger partial charge in [0, 0.05) is 26.1 Å². The molecule has 0 spiro atoms. The zero-order chi connectivity index (χ0) is 14.4. The summed E-state index contributed by atoms with van der Waals surface area (Å²) in [5, 5.41) is 0. The van der Waals surface area contributed by atoms with Crippen molar-refractivity contribution in [2.24, 2.45) is 0 Å². The van der Waals surface area contributed by atoms with E-state index in [0.717, 1.165) is 51.7 Å². The second kappa shape index (κ2) is 7.65. The van der Waals surface area contributed by atoms with Gasteiger partial charge < -0.3 is 9.80 Å². The molecule has 2 amide bonds. The first kappa shape index (κ1) is 15.3.